The summed E-state index contributed by atoms with van der Waals surface area (Å²) in [7, 11) is 0. The number of anilines is 4. The van der Waals surface area contributed by atoms with Crippen LogP contribution in [0.15, 0.2) is 36.4 Å². The van der Waals surface area contributed by atoms with Gasteiger partial charge in [0.1, 0.15) is 11.8 Å². The van der Waals surface area contributed by atoms with E-state index in [0.29, 0.717) is 0 Å². The highest BCUT2D eigenvalue weighted by Gasteiger charge is 2.40. The molecule has 1 heterocycles. The zero-order chi connectivity index (χ0) is 27.8. The van der Waals surface area contributed by atoms with E-state index in [1.807, 2.05) is 0 Å². The third-order valence-electron chi connectivity index (χ3n) is 5.69. The summed E-state index contributed by atoms with van der Waals surface area (Å²) in [5, 5.41) is 5.49. The molecule has 0 spiro atoms. The summed E-state index contributed by atoms with van der Waals surface area (Å²) in [5.41, 5.74) is 7.65. The molecular weight excluding hydrogens is 504 g/mol. The number of halogens is 6. The second-order valence-electron chi connectivity index (χ2n) is 9.73. The van der Waals surface area contributed by atoms with Crippen LogP contribution in [0, 0.1) is 0 Å². The van der Waals surface area contributed by atoms with Crippen LogP contribution >= 0.6 is 0 Å². The lowest BCUT2D eigenvalue weighted by molar-refractivity contribution is -0.137. The highest BCUT2D eigenvalue weighted by Crippen LogP contribution is 2.41. The molecule has 0 radical (unpaired) electrons. The summed E-state index contributed by atoms with van der Waals surface area (Å²) in [6, 6.07) is 5.95. The molecule has 6 N–H and O–H groups in total. The molecular formula is C24H29F6N5O2. The molecule has 3 rings (SSSR count). The predicted octanol–water partition coefficient (Wildman–Crippen LogP) is 6.14. The van der Waals surface area contributed by atoms with Gasteiger partial charge in [-0.2, -0.15) is 26.3 Å². The molecule has 2 aromatic carbocycles. The molecule has 0 saturated carbocycles. The molecule has 0 bridgehead atoms. The SMILES string of the molecule is CC(C)(C)OC(=O)N1CCC(Nc2c(N)cccc2C(F)(F)F)CC1Nc1c(N)cccc1C(F)(F)F. The normalized spacial score (nSPS) is 18.9. The number of nitrogens with one attached hydrogen (secondary N) is 2. The first kappa shape index (κ1) is 28.1. The Morgan fingerprint density at radius 1 is 0.892 bits per heavy atom. The molecule has 2 atom stereocenters. The Kier molecular flexibility index (Phi) is 7.66. The molecule has 37 heavy (non-hydrogen) atoms. The van der Waals surface area contributed by atoms with Crippen molar-refractivity contribution in [1.82, 2.24) is 4.90 Å². The van der Waals surface area contributed by atoms with Gasteiger partial charge in [0.15, 0.2) is 0 Å². The minimum absolute atomic E-state index is 0.0214. The fraction of sp³-hybridized carbons (Fsp3) is 0.458. The van der Waals surface area contributed by atoms with Gasteiger partial charge in [-0.25, -0.2) is 4.79 Å². The number of alkyl halides is 6. The van der Waals surface area contributed by atoms with Crippen molar-refractivity contribution < 1.29 is 35.9 Å². The molecule has 1 amide bonds. The third kappa shape index (κ3) is 6.83. The summed E-state index contributed by atoms with van der Waals surface area (Å²) >= 11 is 0. The lowest BCUT2D eigenvalue weighted by atomic mass is 9.99. The number of hydrogen-bond acceptors (Lipinski definition) is 6. The lowest BCUT2D eigenvalue weighted by Crippen LogP contribution is -2.54. The summed E-state index contributed by atoms with van der Waals surface area (Å²) in [6.45, 7) is 4.88. The highest BCUT2D eigenvalue weighted by molar-refractivity contribution is 5.74. The van der Waals surface area contributed by atoms with Crippen LogP contribution in [-0.4, -0.2) is 35.3 Å². The van der Waals surface area contributed by atoms with Gasteiger partial charge in [-0.15, -0.1) is 0 Å². The van der Waals surface area contributed by atoms with Gasteiger partial charge in [0.2, 0.25) is 0 Å². The number of para-hydroxylation sites is 2. The van der Waals surface area contributed by atoms with Crippen LogP contribution in [0.4, 0.5) is 53.9 Å². The average molecular weight is 534 g/mol. The Morgan fingerprint density at radius 3 is 1.84 bits per heavy atom. The van der Waals surface area contributed by atoms with Crippen molar-refractivity contribution >= 4 is 28.8 Å². The van der Waals surface area contributed by atoms with E-state index < -0.39 is 53.1 Å². The number of hydrogen-bond donors (Lipinski definition) is 4. The number of rotatable bonds is 4. The maximum atomic E-state index is 13.7. The number of amides is 1. The van der Waals surface area contributed by atoms with E-state index in [9.17, 15) is 31.1 Å². The predicted molar refractivity (Wildman–Crippen MR) is 129 cm³/mol. The van der Waals surface area contributed by atoms with Crippen molar-refractivity contribution in [2.24, 2.45) is 0 Å². The zero-order valence-electron chi connectivity index (χ0n) is 20.4. The fourth-order valence-electron chi connectivity index (χ4n) is 4.08. The van der Waals surface area contributed by atoms with E-state index in [1.54, 1.807) is 20.8 Å². The molecule has 1 aliphatic heterocycles. The summed E-state index contributed by atoms with van der Waals surface area (Å²) < 4.78 is 87.2. The van der Waals surface area contributed by atoms with Crippen LogP contribution in [-0.2, 0) is 17.1 Å². The first-order valence-corrected chi connectivity index (χ1v) is 11.4. The number of nitrogens with two attached hydrogens (primary N) is 2. The Bertz CT molecular complexity index is 1130. The zero-order valence-corrected chi connectivity index (χ0v) is 20.4. The maximum absolute atomic E-state index is 13.7. The molecule has 0 aromatic heterocycles. The van der Waals surface area contributed by atoms with Crippen molar-refractivity contribution in [3.8, 4) is 0 Å². The van der Waals surface area contributed by atoms with Crippen LogP contribution in [0.25, 0.3) is 0 Å². The van der Waals surface area contributed by atoms with E-state index in [-0.39, 0.29) is 36.4 Å². The Labute approximate surface area is 210 Å². The smallest absolute Gasteiger partial charge is 0.418 e. The minimum Gasteiger partial charge on any atom is -0.444 e. The summed E-state index contributed by atoms with van der Waals surface area (Å²) in [4.78, 5) is 14.1. The third-order valence-corrected chi connectivity index (χ3v) is 5.69. The van der Waals surface area contributed by atoms with E-state index in [4.69, 9.17) is 16.2 Å². The molecule has 0 aliphatic carbocycles. The van der Waals surface area contributed by atoms with Crippen LogP contribution in [0.2, 0.25) is 0 Å². The van der Waals surface area contributed by atoms with E-state index in [0.717, 1.165) is 18.2 Å². The number of nitrogen functional groups attached to an aromatic ring is 2. The Balaban J connectivity index is 1.96. The molecule has 1 fully saturated rings. The van der Waals surface area contributed by atoms with E-state index >= 15 is 0 Å². The topological polar surface area (TPSA) is 106 Å². The molecule has 1 aliphatic rings. The number of carbonyl (C=O) groups is 1. The molecule has 2 aromatic rings. The van der Waals surface area contributed by atoms with Gasteiger partial charge < -0.3 is 26.8 Å². The molecule has 1 saturated heterocycles. The first-order chi connectivity index (χ1) is 17.0. The Hall–Kier alpha value is -3.51. The quantitative estimate of drug-likeness (QED) is 0.278. The van der Waals surface area contributed by atoms with Gasteiger partial charge in [0, 0.05) is 19.0 Å². The van der Waals surface area contributed by atoms with E-state index in [1.165, 1.54) is 23.1 Å². The van der Waals surface area contributed by atoms with Crippen molar-refractivity contribution in [3.63, 3.8) is 0 Å². The summed E-state index contributed by atoms with van der Waals surface area (Å²) in [6.07, 6.45) is -11.2. The number of nitrogens with zero attached hydrogens (tertiary/aromatic N) is 1. The van der Waals surface area contributed by atoms with Crippen molar-refractivity contribution in [2.75, 3.05) is 28.6 Å². The van der Waals surface area contributed by atoms with Crippen LogP contribution < -0.4 is 22.1 Å². The number of carbonyl (C=O) groups excluding carboxylic acids is 1. The lowest BCUT2D eigenvalue weighted by Gasteiger charge is -2.41. The maximum Gasteiger partial charge on any atom is 0.418 e. The number of benzene rings is 2. The second kappa shape index (κ2) is 10.1. The molecule has 2 unspecified atom stereocenters. The number of likely N-dealkylation sites (tertiary alicyclic amines) is 1. The van der Waals surface area contributed by atoms with Gasteiger partial charge in [-0.05, 0) is 51.5 Å². The highest BCUT2D eigenvalue weighted by atomic mass is 19.4. The van der Waals surface area contributed by atoms with Crippen LogP contribution in [0.1, 0.15) is 44.7 Å². The Morgan fingerprint density at radius 2 is 1.38 bits per heavy atom. The van der Waals surface area contributed by atoms with Crippen LogP contribution in [0.5, 0.6) is 0 Å². The van der Waals surface area contributed by atoms with Crippen molar-refractivity contribution in [3.05, 3.63) is 47.5 Å². The van der Waals surface area contributed by atoms with Gasteiger partial charge in [-0.1, -0.05) is 12.1 Å². The standard InChI is InChI=1S/C24H29F6N5O2/c1-22(2,3)37-21(36)35-11-10-13(33-19-14(23(25,26)27)6-4-8-16(19)31)12-18(35)34-20-15(24(28,29)30)7-5-9-17(20)32/h4-9,13,18,33-34H,10-12,31-32H2,1-3H3. The summed E-state index contributed by atoms with van der Waals surface area (Å²) in [5.74, 6) is 0. The number of ether oxygens (including phenoxy) is 1. The van der Waals surface area contributed by atoms with Gasteiger partial charge in [-0.3, -0.25) is 4.90 Å². The monoisotopic (exact) mass is 533 g/mol. The van der Waals surface area contributed by atoms with Crippen molar-refractivity contribution in [1.29, 1.82) is 0 Å². The van der Waals surface area contributed by atoms with Gasteiger partial charge in [0.25, 0.3) is 0 Å². The molecule has 13 heteroatoms. The minimum atomic E-state index is -4.75. The first-order valence-electron chi connectivity index (χ1n) is 11.4. The largest absolute Gasteiger partial charge is 0.444 e. The molecule has 7 nitrogen and oxygen atoms in total. The van der Waals surface area contributed by atoms with Crippen molar-refractivity contribution in [2.45, 2.75) is 63.8 Å². The average Bonchev–Trinajstić information content (AvgIpc) is 2.74. The second-order valence-corrected chi connectivity index (χ2v) is 9.73. The van der Waals surface area contributed by atoms with Crippen LogP contribution in [0.3, 0.4) is 0 Å². The molecule has 204 valence electrons. The van der Waals surface area contributed by atoms with Gasteiger partial charge >= 0.3 is 18.4 Å². The van der Waals surface area contributed by atoms with Gasteiger partial charge in [0.05, 0.1) is 33.9 Å². The number of piperidine rings is 1. The van der Waals surface area contributed by atoms with E-state index in [2.05, 4.69) is 10.6 Å². The fourth-order valence-corrected chi connectivity index (χ4v) is 4.08.